The molecule has 0 fully saturated rings. The maximum absolute atomic E-state index is 13.1. The fourth-order valence-corrected chi connectivity index (χ4v) is 1.62. The van der Waals surface area contributed by atoms with E-state index in [-0.39, 0.29) is 12.1 Å². The molecule has 20 heavy (non-hydrogen) atoms. The van der Waals surface area contributed by atoms with Crippen molar-refractivity contribution < 1.29 is 28.2 Å². The number of benzene rings is 1. The molecule has 0 aliphatic heterocycles. The van der Waals surface area contributed by atoms with Gasteiger partial charge in [0.05, 0.1) is 19.1 Å². The van der Waals surface area contributed by atoms with Crippen LogP contribution in [0.5, 0.6) is 0 Å². The van der Waals surface area contributed by atoms with Gasteiger partial charge in [-0.1, -0.05) is 0 Å². The molecule has 5 nitrogen and oxygen atoms in total. The lowest BCUT2D eigenvalue weighted by atomic mass is 10.0. The summed E-state index contributed by atoms with van der Waals surface area (Å²) in [6, 6.07) is 1.68. The van der Waals surface area contributed by atoms with E-state index in [1.54, 1.807) is 0 Å². The van der Waals surface area contributed by atoms with Crippen LogP contribution >= 0.6 is 0 Å². The van der Waals surface area contributed by atoms with Gasteiger partial charge in [0, 0.05) is 19.2 Å². The van der Waals surface area contributed by atoms with E-state index in [2.05, 4.69) is 5.32 Å². The number of halogens is 2. The Balaban J connectivity index is 2.84. The number of carboxylic acid groups (broad SMARTS) is 1. The minimum absolute atomic E-state index is 0.0833. The van der Waals surface area contributed by atoms with Crippen LogP contribution in [0.1, 0.15) is 16.8 Å². The van der Waals surface area contributed by atoms with Gasteiger partial charge >= 0.3 is 5.97 Å². The number of rotatable bonds is 8. The van der Waals surface area contributed by atoms with Crippen LogP contribution in [0.25, 0.3) is 0 Å². The van der Waals surface area contributed by atoms with Crippen LogP contribution in [0, 0.1) is 11.6 Å². The van der Waals surface area contributed by atoms with Gasteiger partial charge in [-0.25, -0.2) is 8.78 Å². The molecule has 7 heteroatoms. The maximum atomic E-state index is 13.1. The second-order valence-corrected chi connectivity index (χ2v) is 4.09. The van der Waals surface area contributed by atoms with Gasteiger partial charge in [-0.3, -0.25) is 9.59 Å². The van der Waals surface area contributed by atoms with E-state index in [9.17, 15) is 18.4 Å². The molecule has 0 aromatic heterocycles. The summed E-state index contributed by atoms with van der Waals surface area (Å²) in [5, 5.41) is 11.5. The van der Waals surface area contributed by atoms with Gasteiger partial charge in [-0.2, -0.15) is 0 Å². The first-order chi connectivity index (χ1) is 9.45. The van der Waals surface area contributed by atoms with Crippen molar-refractivity contribution in [3.05, 3.63) is 35.4 Å². The number of carbonyl (C=O) groups is 2. The highest BCUT2D eigenvalue weighted by Gasteiger charge is 2.23. The third-order valence-electron chi connectivity index (χ3n) is 2.60. The SMILES string of the molecule is COCCNC(CC(=O)O)C(=O)c1ccc(F)c(F)c1. The monoisotopic (exact) mass is 287 g/mol. The highest BCUT2D eigenvalue weighted by molar-refractivity contribution is 6.01. The molecule has 1 aromatic rings. The number of methoxy groups -OCH3 is 1. The summed E-state index contributed by atoms with van der Waals surface area (Å²) in [4.78, 5) is 22.8. The Morgan fingerprint density at radius 3 is 2.60 bits per heavy atom. The molecule has 2 N–H and O–H groups in total. The number of hydrogen-bond donors (Lipinski definition) is 2. The average molecular weight is 287 g/mol. The predicted octanol–water partition coefficient (Wildman–Crippen LogP) is 1.23. The zero-order valence-electron chi connectivity index (χ0n) is 10.9. The molecule has 0 radical (unpaired) electrons. The molecule has 0 amide bonds. The first-order valence-corrected chi connectivity index (χ1v) is 5.89. The molecule has 1 aromatic carbocycles. The summed E-state index contributed by atoms with van der Waals surface area (Å²) in [7, 11) is 1.46. The van der Waals surface area contributed by atoms with E-state index in [4.69, 9.17) is 9.84 Å². The van der Waals surface area contributed by atoms with E-state index in [0.29, 0.717) is 6.61 Å². The summed E-state index contributed by atoms with van der Waals surface area (Å²) in [6.07, 6.45) is -0.457. The first-order valence-electron chi connectivity index (χ1n) is 5.89. The lowest BCUT2D eigenvalue weighted by molar-refractivity contribution is -0.137. The molecular formula is C13H15F2NO4. The molecule has 0 saturated carbocycles. The van der Waals surface area contributed by atoms with Crippen LogP contribution in [-0.4, -0.2) is 43.2 Å². The van der Waals surface area contributed by atoms with E-state index >= 15 is 0 Å². The zero-order valence-corrected chi connectivity index (χ0v) is 10.9. The average Bonchev–Trinajstić information content (AvgIpc) is 2.40. The van der Waals surface area contributed by atoms with Crippen LogP contribution in [0.15, 0.2) is 18.2 Å². The number of nitrogens with one attached hydrogen (secondary N) is 1. The number of carboxylic acids is 1. The standard InChI is InChI=1S/C13H15F2NO4/c1-20-5-4-16-11(7-12(17)18)13(19)8-2-3-9(14)10(15)6-8/h2-3,6,11,16H,4-5,7H2,1H3,(H,17,18). The largest absolute Gasteiger partial charge is 0.481 e. The van der Waals surface area contributed by atoms with Crippen molar-refractivity contribution in [2.45, 2.75) is 12.5 Å². The van der Waals surface area contributed by atoms with Crippen LogP contribution in [0.3, 0.4) is 0 Å². The van der Waals surface area contributed by atoms with E-state index in [1.165, 1.54) is 7.11 Å². The molecule has 0 heterocycles. The highest BCUT2D eigenvalue weighted by atomic mass is 19.2. The van der Waals surface area contributed by atoms with E-state index < -0.39 is 35.8 Å². The minimum atomic E-state index is -1.17. The number of ketones is 1. The summed E-state index contributed by atoms with van der Waals surface area (Å²) >= 11 is 0. The maximum Gasteiger partial charge on any atom is 0.305 e. The Kier molecular flexibility index (Phi) is 6.20. The smallest absolute Gasteiger partial charge is 0.305 e. The normalized spacial score (nSPS) is 12.2. The van der Waals surface area contributed by atoms with Gasteiger partial charge in [-0.05, 0) is 18.2 Å². The van der Waals surface area contributed by atoms with Gasteiger partial charge in [0.15, 0.2) is 17.4 Å². The van der Waals surface area contributed by atoms with Crippen LogP contribution in [0.4, 0.5) is 8.78 Å². The van der Waals surface area contributed by atoms with E-state index in [1.807, 2.05) is 0 Å². The Morgan fingerprint density at radius 2 is 2.05 bits per heavy atom. The molecule has 0 spiro atoms. The third-order valence-corrected chi connectivity index (χ3v) is 2.60. The molecule has 0 aliphatic rings. The minimum Gasteiger partial charge on any atom is -0.481 e. The molecule has 1 unspecified atom stereocenters. The summed E-state index contributed by atoms with van der Waals surface area (Å²) in [6.45, 7) is 0.561. The van der Waals surface area contributed by atoms with Gasteiger partial charge in [0.1, 0.15) is 0 Å². The number of ether oxygens (including phenoxy) is 1. The van der Waals surface area contributed by atoms with Crippen molar-refractivity contribution in [3.63, 3.8) is 0 Å². The first kappa shape index (κ1) is 16.2. The van der Waals surface area contributed by atoms with Crippen molar-refractivity contribution in [2.75, 3.05) is 20.3 Å². The summed E-state index contributed by atoms with van der Waals surface area (Å²) < 4.78 is 30.7. The number of Topliss-reactive ketones (excluding diaryl/α,β-unsaturated/α-hetero) is 1. The van der Waals surface area contributed by atoms with Crippen LogP contribution < -0.4 is 5.32 Å². The highest BCUT2D eigenvalue weighted by Crippen LogP contribution is 2.12. The predicted molar refractivity (Wildman–Crippen MR) is 66.6 cm³/mol. The van der Waals surface area contributed by atoms with Crippen LogP contribution in [-0.2, 0) is 9.53 Å². The molecule has 110 valence electrons. The molecule has 0 aliphatic carbocycles. The van der Waals surface area contributed by atoms with Crippen molar-refractivity contribution in [1.82, 2.24) is 5.32 Å². The Hall–Kier alpha value is -1.86. The lowest BCUT2D eigenvalue weighted by Crippen LogP contribution is -2.40. The Bertz CT molecular complexity index is 493. The third kappa shape index (κ3) is 4.67. The zero-order chi connectivity index (χ0) is 15.1. The van der Waals surface area contributed by atoms with Gasteiger partial charge in [0.25, 0.3) is 0 Å². The second kappa shape index (κ2) is 7.66. The van der Waals surface area contributed by atoms with Crippen LogP contribution in [0.2, 0.25) is 0 Å². The Morgan fingerprint density at radius 1 is 1.35 bits per heavy atom. The summed E-state index contributed by atoms with van der Waals surface area (Å²) in [5.74, 6) is -4.00. The fourth-order valence-electron chi connectivity index (χ4n) is 1.62. The number of hydrogen-bond acceptors (Lipinski definition) is 4. The van der Waals surface area contributed by atoms with Gasteiger partial charge in [-0.15, -0.1) is 0 Å². The Labute approximate surface area is 114 Å². The molecule has 0 saturated heterocycles. The van der Waals surface area contributed by atoms with Gasteiger partial charge < -0.3 is 15.2 Å². The van der Waals surface area contributed by atoms with E-state index in [0.717, 1.165) is 18.2 Å². The molecule has 1 rings (SSSR count). The quantitative estimate of drug-likeness (QED) is 0.555. The molecular weight excluding hydrogens is 272 g/mol. The molecule has 0 bridgehead atoms. The van der Waals surface area contributed by atoms with Crippen molar-refractivity contribution in [1.29, 1.82) is 0 Å². The van der Waals surface area contributed by atoms with Crippen molar-refractivity contribution >= 4 is 11.8 Å². The number of aliphatic carboxylic acids is 1. The van der Waals surface area contributed by atoms with Crippen molar-refractivity contribution in [3.8, 4) is 0 Å². The van der Waals surface area contributed by atoms with Gasteiger partial charge in [0.2, 0.25) is 0 Å². The lowest BCUT2D eigenvalue weighted by Gasteiger charge is -2.15. The topological polar surface area (TPSA) is 75.6 Å². The summed E-state index contributed by atoms with van der Waals surface area (Å²) in [5.41, 5.74) is -0.0833. The molecule has 1 atom stereocenters. The number of carbonyl (C=O) groups excluding carboxylic acids is 1. The second-order valence-electron chi connectivity index (χ2n) is 4.09. The van der Waals surface area contributed by atoms with Crippen molar-refractivity contribution in [2.24, 2.45) is 0 Å². The fraction of sp³-hybridized carbons (Fsp3) is 0.385.